The smallest absolute Gasteiger partial charge is 0.220 e. The lowest BCUT2D eigenvalue weighted by Gasteiger charge is -2.10. The first-order valence-corrected chi connectivity index (χ1v) is 8.33. The van der Waals surface area contributed by atoms with Crippen LogP contribution in [0.3, 0.4) is 0 Å². The number of hydrogen-bond acceptors (Lipinski definition) is 3. The van der Waals surface area contributed by atoms with Crippen molar-refractivity contribution in [1.82, 2.24) is 20.1 Å². The summed E-state index contributed by atoms with van der Waals surface area (Å²) in [6.07, 6.45) is 4.78. The van der Waals surface area contributed by atoms with E-state index in [2.05, 4.69) is 60.6 Å². The van der Waals surface area contributed by atoms with Crippen LogP contribution in [0.4, 0.5) is 0 Å². The highest BCUT2D eigenvalue weighted by Crippen LogP contribution is 2.08. The lowest BCUT2D eigenvalue weighted by Crippen LogP contribution is -2.26. The Kier molecular flexibility index (Phi) is 6.32. The molecule has 0 spiro atoms. The van der Waals surface area contributed by atoms with Crippen LogP contribution in [-0.2, 0) is 24.1 Å². The summed E-state index contributed by atoms with van der Waals surface area (Å²) < 4.78 is 2.03. The molecule has 0 radical (unpaired) electrons. The minimum atomic E-state index is 0.0835. The summed E-state index contributed by atoms with van der Waals surface area (Å²) in [5, 5.41) is 11.0. The van der Waals surface area contributed by atoms with Crippen molar-refractivity contribution in [1.29, 1.82) is 0 Å². The first kappa shape index (κ1) is 17.2. The Hall–Kier alpha value is -2.17. The van der Waals surface area contributed by atoms with Crippen LogP contribution in [0, 0.1) is 0 Å². The number of carbonyl (C=O) groups excluding carboxylic acids is 1. The molecule has 0 saturated carbocycles. The maximum atomic E-state index is 11.9. The first-order valence-electron chi connectivity index (χ1n) is 8.33. The number of carbonyl (C=O) groups is 1. The lowest BCUT2D eigenvalue weighted by atomic mass is 10.1. The Labute approximate surface area is 138 Å². The zero-order valence-corrected chi connectivity index (χ0v) is 14.2. The van der Waals surface area contributed by atoms with Gasteiger partial charge in [-0.2, -0.15) is 0 Å². The van der Waals surface area contributed by atoms with Crippen molar-refractivity contribution in [2.24, 2.45) is 0 Å². The summed E-state index contributed by atoms with van der Waals surface area (Å²) in [6.45, 7) is 6.92. The van der Waals surface area contributed by atoms with Gasteiger partial charge in [0.25, 0.3) is 0 Å². The van der Waals surface area contributed by atoms with Gasteiger partial charge >= 0.3 is 0 Å². The van der Waals surface area contributed by atoms with Crippen LogP contribution >= 0.6 is 0 Å². The average Bonchev–Trinajstić information content (AvgIpc) is 3.02. The van der Waals surface area contributed by atoms with Gasteiger partial charge in [-0.3, -0.25) is 4.79 Å². The predicted molar refractivity (Wildman–Crippen MR) is 91.3 cm³/mol. The molecular formula is C18H26N4O. The SMILES string of the molecule is CCc1ccc(CCC(=O)NCCc2nncn2C(C)C)cc1. The Morgan fingerprint density at radius 2 is 1.87 bits per heavy atom. The van der Waals surface area contributed by atoms with Crippen molar-refractivity contribution >= 4 is 5.91 Å². The molecule has 0 saturated heterocycles. The van der Waals surface area contributed by atoms with Crippen LogP contribution in [0.15, 0.2) is 30.6 Å². The molecule has 124 valence electrons. The Balaban J connectivity index is 1.71. The van der Waals surface area contributed by atoms with Crippen molar-refractivity contribution in [2.45, 2.75) is 52.5 Å². The van der Waals surface area contributed by atoms with E-state index >= 15 is 0 Å². The van der Waals surface area contributed by atoms with E-state index in [0.717, 1.165) is 18.7 Å². The molecule has 0 aliphatic heterocycles. The van der Waals surface area contributed by atoms with Gasteiger partial charge in [-0.15, -0.1) is 10.2 Å². The molecule has 0 aliphatic carbocycles. The third-order valence-corrected chi connectivity index (χ3v) is 3.95. The molecule has 5 heteroatoms. The number of hydrogen-bond donors (Lipinski definition) is 1. The summed E-state index contributed by atoms with van der Waals surface area (Å²) in [5.74, 6) is 0.996. The zero-order valence-electron chi connectivity index (χ0n) is 14.2. The second-order valence-corrected chi connectivity index (χ2v) is 6.02. The zero-order chi connectivity index (χ0) is 16.7. The predicted octanol–water partition coefficient (Wildman–Crippen LogP) is 2.71. The Bertz CT molecular complexity index is 616. The Morgan fingerprint density at radius 3 is 2.52 bits per heavy atom. The molecule has 2 rings (SSSR count). The molecule has 1 amide bonds. The third kappa shape index (κ3) is 5.20. The number of aromatic nitrogens is 3. The molecule has 1 aromatic heterocycles. The van der Waals surface area contributed by atoms with Gasteiger partial charge in [-0.05, 0) is 37.8 Å². The minimum absolute atomic E-state index is 0.0835. The number of nitrogens with one attached hydrogen (secondary N) is 1. The van der Waals surface area contributed by atoms with Gasteiger partial charge < -0.3 is 9.88 Å². The van der Waals surface area contributed by atoms with Crippen LogP contribution in [0.25, 0.3) is 0 Å². The molecule has 1 aromatic carbocycles. The standard InChI is InChI=1S/C18H26N4O/c1-4-15-5-7-16(8-6-15)9-10-18(23)19-12-11-17-21-20-13-22(17)14(2)3/h5-8,13-14H,4,9-12H2,1-3H3,(H,19,23). The van der Waals surface area contributed by atoms with E-state index in [-0.39, 0.29) is 5.91 Å². The molecule has 0 fully saturated rings. The second kappa shape index (κ2) is 8.46. The van der Waals surface area contributed by atoms with Crippen molar-refractivity contribution < 1.29 is 4.79 Å². The van der Waals surface area contributed by atoms with Crippen LogP contribution in [-0.4, -0.2) is 27.2 Å². The van der Waals surface area contributed by atoms with Crippen molar-refractivity contribution in [3.63, 3.8) is 0 Å². The van der Waals surface area contributed by atoms with E-state index in [1.807, 2.05) is 4.57 Å². The molecule has 2 aromatic rings. The fraction of sp³-hybridized carbons (Fsp3) is 0.500. The summed E-state index contributed by atoms with van der Waals surface area (Å²) in [6, 6.07) is 8.81. The normalized spacial score (nSPS) is 11.0. The molecule has 0 atom stereocenters. The first-order chi connectivity index (χ1) is 11.1. The fourth-order valence-electron chi connectivity index (χ4n) is 2.48. The molecule has 5 nitrogen and oxygen atoms in total. The van der Waals surface area contributed by atoms with Crippen LogP contribution < -0.4 is 5.32 Å². The molecule has 1 heterocycles. The fourth-order valence-corrected chi connectivity index (χ4v) is 2.48. The van der Waals surface area contributed by atoms with Gasteiger partial charge in [0.2, 0.25) is 5.91 Å². The average molecular weight is 314 g/mol. The molecule has 0 aliphatic rings. The van der Waals surface area contributed by atoms with Gasteiger partial charge in [0.1, 0.15) is 12.2 Å². The number of amides is 1. The van der Waals surface area contributed by atoms with E-state index in [9.17, 15) is 4.79 Å². The summed E-state index contributed by atoms with van der Waals surface area (Å²) >= 11 is 0. The van der Waals surface area contributed by atoms with Crippen LogP contribution in [0.5, 0.6) is 0 Å². The maximum Gasteiger partial charge on any atom is 0.220 e. The molecule has 1 N–H and O–H groups in total. The van der Waals surface area contributed by atoms with Gasteiger partial charge in [-0.25, -0.2) is 0 Å². The van der Waals surface area contributed by atoms with E-state index in [1.54, 1.807) is 6.33 Å². The summed E-state index contributed by atoms with van der Waals surface area (Å²) in [7, 11) is 0. The van der Waals surface area contributed by atoms with Crippen molar-refractivity contribution in [3.05, 3.63) is 47.5 Å². The number of nitrogens with zero attached hydrogens (tertiary/aromatic N) is 3. The topological polar surface area (TPSA) is 59.8 Å². The molecule has 0 bridgehead atoms. The largest absolute Gasteiger partial charge is 0.356 e. The van der Waals surface area contributed by atoms with Crippen molar-refractivity contribution in [3.8, 4) is 0 Å². The van der Waals surface area contributed by atoms with Gasteiger partial charge in [-0.1, -0.05) is 31.2 Å². The van der Waals surface area contributed by atoms with Crippen LogP contribution in [0.2, 0.25) is 0 Å². The minimum Gasteiger partial charge on any atom is -0.356 e. The highest BCUT2D eigenvalue weighted by Gasteiger charge is 2.08. The van der Waals surface area contributed by atoms with Gasteiger partial charge in [0.15, 0.2) is 0 Å². The van der Waals surface area contributed by atoms with E-state index in [1.165, 1.54) is 11.1 Å². The number of rotatable bonds is 8. The monoisotopic (exact) mass is 314 g/mol. The lowest BCUT2D eigenvalue weighted by molar-refractivity contribution is -0.121. The molecule has 0 unspecified atom stereocenters. The number of benzene rings is 1. The highest BCUT2D eigenvalue weighted by molar-refractivity contribution is 5.76. The van der Waals surface area contributed by atoms with Crippen LogP contribution in [0.1, 0.15) is 50.2 Å². The van der Waals surface area contributed by atoms with E-state index in [0.29, 0.717) is 25.4 Å². The van der Waals surface area contributed by atoms with Crippen molar-refractivity contribution in [2.75, 3.05) is 6.54 Å². The molecule has 23 heavy (non-hydrogen) atoms. The highest BCUT2D eigenvalue weighted by atomic mass is 16.1. The van der Waals surface area contributed by atoms with Gasteiger partial charge in [0, 0.05) is 25.4 Å². The quantitative estimate of drug-likeness (QED) is 0.815. The Morgan fingerprint density at radius 1 is 1.17 bits per heavy atom. The van der Waals surface area contributed by atoms with E-state index < -0.39 is 0 Å². The molecular weight excluding hydrogens is 288 g/mol. The summed E-state index contributed by atoms with van der Waals surface area (Å²) in [5.41, 5.74) is 2.53. The second-order valence-electron chi connectivity index (χ2n) is 6.02. The number of aryl methyl sites for hydroxylation is 2. The van der Waals surface area contributed by atoms with E-state index in [4.69, 9.17) is 0 Å². The third-order valence-electron chi connectivity index (χ3n) is 3.95. The van der Waals surface area contributed by atoms with Gasteiger partial charge in [0.05, 0.1) is 0 Å². The summed E-state index contributed by atoms with van der Waals surface area (Å²) in [4.78, 5) is 11.9. The maximum absolute atomic E-state index is 11.9.